The Labute approximate surface area is 140 Å². The van der Waals surface area contributed by atoms with E-state index in [0.29, 0.717) is 13.0 Å². The van der Waals surface area contributed by atoms with Gasteiger partial charge in [0.05, 0.1) is 0 Å². The van der Waals surface area contributed by atoms with Crippen LogP contribution in [0.15, 0.2) is 24.3 Å². The molecule has 0 aromatic heterocycles. The van der Waals surface area contributed by atoms with Gasteiger partial charge in [0.15, 0.2) is 0 Å². The molecule has 1 aliphatic rings. The lowest BCUT2D eigenvalue weighted by molar-refractivity contribution is -0.121. The maximum absolute atomic E-state index is 11.8. The van der Waals surface area contributed by atoms with Gasteiger partial charge in [-0.05, 0) is 63.0 Å². The van der Waals surface area contributed by atoms with Crippen molar-refractivity contribution in [1.29, 1.82) is 0 Å². The fraction of sp³-hybridized carbons (Fsp3) is 0.632. The third-order valence-corrected chi connectivity index (χ3v) is 4.59. The lowest BCUT2D eigenvalue weighted by atomic mass is 9.98. The van der Waals surface area contributed by atoms with Gasteiger partial charge in [0.25, 0.3) is 0 Å². The van der Waals surface area contributed by atoms with Crippen LogP contribution >= 0.6 is 0 Å². The average Bonchev–Trinajstić information content (AvgIpc) is 2.56. The van der Waals surface area contributed by atoms with Crippen molar-refractivity contribution in [3.05, 3.63) is 35.4 Å². The number of rotatable bonds is 8. The smallest absolute Gasteiger partial charge is 0.220 e. The molecule has 0 aliphatic carbocycles. The number of benzene rings is 1. The zero-order valence-electron chi connectivity index (χ0n) is 14.6. The summed E-state index contributed by atoms with van der Waals surface area (Å²) in [5.74, 6) is 1.01. The van der Waals surface area contributed by atoms with E-state index in [1.165, 1.54) is 37.1 Å². The lowest BCUT2D eigenvalue weighted by Gasteiger charge is -2.30. The molecule has 0 radical (unpaired) electrons. The number of hydrogen-bond acceptors (Lipinski definition) is 3. The summed E-state index contributed by atoms with van der Waals surface area (Å²) in [6.45, 7) is 7.29. The molecule has 0 atom stereocenters. The van der Waals surface area contributed by atoms with Crippen molar-refractivity contribution in [2.24, 2.45) is 5.92 Å². The van der Waals surface area contributed by atoms with Crippen LogP contribution in [0.25, 0.3) is 0 Å². The van der Waals surface area contributed by atoms with Crippen molar-refractivity contribution in [1.82, 2.24) is 15.5 Å². The first-order valence-electron chi connectivity index (χ1n) is 8.89. The highest BCUT2D eigenvalue weighted by molar-refractivity contribution is 5.75. The van der Waals surface area contributed by atoms with E-state index in [2.05, 4.69) is 46.7 Å². The highest BCUT2D eigenvalue weighted by Crippen LogP contribution is 2.18. The SMILES string of the molecule is CNCCCC(=O)NCc1cccc(CN2CCC(C)CC2)c1. The van der Waals surface area contributed by atoms with Crippen molar-refractivity contribution in [3.63, 3.8) is 0 Å². The van der Waals surface area contributed by atoms with Gasteiger partial charge < -0.3 is 10.6 Å². The molecular weight excluding hydrogens is 286 g/mol. The predicted octanol–water partition coefficient (Wildman–Crippen LogP) is 2.53. The van der Waals surface area contributed by atoms with Crippen LogP contribution < -0.4 is 10.6 Å². The van der Waals surface area contributed by atoms with E-state index < -0.39 is 0 Å². The lowest BCUT2D eigenvalue weighted by Crippen LogP contribution is -2.32. The minimum Gasteiger partial charge on any atom is -0.352 e. The van der Waals surface area contributed by atoms with E-state index >= 15 is 0 Å². The normalized spacial score (nSPS) is 16.4. The molecule has 0 spiro atoms. The number of nitrogens with zero attached hydrogens (tertiary/aromatic N) is 1. The standard InChI is InChI=1S/C19H31N3O/c1-16-8-11-22(12-9-16)15-18-6-3-5-17(13-18)14-21-19(23)7-4-10-20-2/h3,5-6,13,16,20H,4,7-12,14-15H2,1-2H3,(H,21,23). The Hall–Kier alpha value is -1.39. The van der Waals surface area contributed by atoms with Crippen LogP contribution in [0, 0.1) is 5.92 Å². The first-order valence-corrected chi connectivity index (χ1v) is 8.89. The summed E-state index contributed by atoms with van der Waals surface area (Å²) in [6, 6.07) is 8.61. The molecule has 0 saturated carbocycles. The number of hydrogen-bond donors (Lipinski definition) is 2. The molecule has 0 bridgehead atoms. The highest BCUT2D eigenvalue weighted by atomic mass is 16.1. The Morgan fingerprint density at radius 2 is 2.00 bits per heavy atom. The molecular formula is C19H31N3O. The van der Waals surface area contributed by atoms with Crippen LogP contribution in [-0.4, -0.2) is 37.5 Å². The molecule has 1 aromatic carbocycles. The molecule has 4 heteroatoms. The Kier molecular flexibility index (Phi) is 7.56. The molecule has 2 N–H and O–H groups in total. The van der Waals surface area contributed by atoms with E-state index in [0.717, 1.165) is 25.4 Å². The molecule has 1 heterocycles. The third-order valence-electron chi connectivity index (χ3n) is 4.59. The van der Waals surface area contributed by atoms with Crippen LogP contribution in [0.5, 0.6) is 0 Å². The van der Waals surface area contributed by atoms with Gasteiger partial charge in [0.1, 0.15) is 0 Å². The fourth-order valence-electron chi connectivity index (χ4n) is 3.03. The van der Waals surface area contributed by atoms with Gasteiger partial charge in [-0.3, -0.25) is 9.69 Å². The summed E-state index contributed by atoms with van der Waals surface area (Å²) in [4.78, 5) is 14.3. The van der Waals surface area contributed by atoms with Crippen LogP contribution in [0.4, 0.5) is 0 Å². The van der Waals surface area contributed by atoms with Crippen molar-refractivity contribution in [2.75, 3.05) is 26.7 Å². The first-order chi connectivity index (χ1) is 11.2. The van der Waals surface area contributed by atoms with Crippen LogP contribution in [0.3, 0.4) is 0 Å². The molecule has 128 valence electrons. The quantitative estimate of drug-likeness (QED) is 0.724. The van der Waals surface area contributed by atoms with Crippen molar-refractivity contribution in [2.45, 2.75) is 45.7 Å². The molecule has 23 heavy (non-hydrogen) atoms. The number of piperidine rings is 1. The maximum atomic E-state index is 11.8. The fourth-order valence-corrected chi connectivity index (χ4v) is 3.03. The molecule has 0 unspecified atom stereocenters. The monoisotopic (exact) mass is 317 g/mol. The Morgan fingerprint density at radius 3 is 2.74 bits per heavy atom. The summed E-state index contributed by atoms with van der Waals surface area (Å²) in [5.41, 5.74) is 2.54. The van der Waals surface area contributed by atoms with Gasteiger partial charge in [-0.15, -0.1) is 0 Å². The van der Waals surface area contributed by atoms with Gasteiger partial charge in [-0.1, -0.05) is 31.2 Å². The second-order valence-electron chi connectivity index (χ2n) is 6.76. The minimum atomic E-state index is 0.135. The number of nitrogens with one attached hydrogen (secondary N) is 2. The largest absolute Gasteiger partial charge is 0.352 e. The van der Waals surface area contributed by atoms with Gasteiger partial charge in [-0.2, -0.15) is 0 Å². The van der Waals surface area contributed by atoms with Gasteiger partial charge in [0, 0.05) is 19.5 Å². The van der Waals surface area contributed by atoms with Gasteiger partial charge in [-0.25, -0.2) is 0 Å². The Balaban J connectivity index is 1.77. The zero-order valence-corrected chi connectivity index (χ0v) is 14.6. The summed E-state index contributed by atoms with van der Waals surface area (Å²) in [7, 11) is 1.91. The van der Waals surface area contributed by atoms with E-state index in [1.807, 2.05) is 7.05 Å². The predicted molar refractivity (Wildman–Crippen MR) is 95.1 cm³/mol. The van der Waals surface area contributed by atoms with E-state index in [9.17, 15) is 4.79 Å². The number of likely N-dealkylation sites (tertiary alicyclic amines) is 1. The number of amides is 1. The van der Waals surface area contributed by atoms with Gasteiger partial charge >= 0.3 is 0 Å². The first kappa shape index (κ1) is 18.0. The maximum Gasteiger partial charge on any atom is 0.220 e. The topological polar surface area (TPSA) is 44.4 Å². The van der Waals surface area contributed by atoms with Gasteiger partial charge in [0.2, 0.25) is 5.91 Å². The second kappa shape index (κ2) is 9.68. The zero-order chi connectivity index (χ0) is 16.5. The van der Waals surface area contributed by atoms with Crippen molar-refractivity contribution < 1.29 is 4.79 Å². The molecule has 1 amide bonds. The molecule has 1 saturated heterocycles. The van der Waals surface area contributed by atoms with Crippen molar-refractivity contribution in [3.8, 4) is 0 Å². The van der Waals surface area contributed by atoms with E-state index in [-0.39, 0.29) is 5.91 Å². The molecule has 1 aromatic rings. The number of carbonyl (C=O) groups is 1. The van der Waals surface area contributed by atoms with E-state index in [4.69, 9.17) is 0 Å². The molecule has 1 fully saturated rings. The summed E-state index contributed by atoms with van der Waals surface area (Å²) in [6.07, 6.45) is 4.09. The van der Waals surface area contributed by atoms with Crippen LogP contribution in [0.1, 0.15) is 43.7 Å². The third kappa shape index (κ3) is 6.71. The average molecular weight is 317 g/mol. The van der Waals surface area contributed by atoms with E-state index in [1.54, 1.807) is 0 Å². The Morgan fingerprint density at radius 1 is 1.26 bits per heavy atom. The number of carbonyl (C=O) groups excluding carboxylic acids is 1. The summed E-state index contributed by atoms with van der Waals surface area (Å²) < 4.78 is 0. The summed E-state index contributed by atoms with van der Waals surface area (Å²) in [5, 5.41) is 6.08. The van der Waals surface area contributed by atoms with Crippen LogP contribution in [0.2, 0.25) is 0 Å². The summed E-state index contributed by atoms with van der Waals surface area (Å²) >= 11 is 0. The molecule has 4 nitrogen and oxygen atoms in total. The van der Waals surface area contributed by atoms with Crippen molar-refractivity contribution >= 4 is 5.91 Å². The highest BCUT2D eigenvalue weighted by Gasteiger charge is 2.15. The minimum absolute atomic E-state index is 0.135. The van der Waals surface area contributed by atoms with Crippen LogP contribution in [-0.2, 0) is 17.9 Å². The molecule has 1 aliphatic heterocycles. The second-order valence-corrected chi connectivity index (χ2v) is 6.76. The molecule has 2 rings (SSSR count). The Bertz CT molecular complexity index is 481.